The molecule has 0 aliphatic carbocycles. The third-order valence-corrected chi connectivity index (χ3v) is 3.95. The SMILES string of the molecule is CC1(C)OB(c2c(C#N)cccc2C(=O)O)OC1(C)C. The molecule has 1 N–H and O–H groups in total. The molecule has 5 nitrogen and oxygen atoms in total. The van der Waals surface area contributed by atoms with Crippen molar-refractivity contribution in [3.8, 4) is 6.07 Å². The minimum atomic E-state index is -1.10. The van der Waals surface area contributed by atoms with Crippen LogP contribution in [-0.4, -0.2) is 29.4 Å². The second-order valence-electron chi connectivity index (χ2n) is 5.77. The van der Waals surface area contributed by atoms with Crippen molar-refractivity contribution in [2.45, 2.75) is 38.9 Å². The maximum Gasteiger partial charge on any atom is 0.497 e. The molecular formula is C14H16BNO4. The summed E-state index contributed by atoms with van der Waals surface area (Å²) in [5.74, 6) is -1.10. The summed E-state index contributed by atoms with van der Waals surface area (Å²) in [6.07, 6.45) is 0. The van der Waals surface area contributed by atoms with Gasteiger partial charge in [-0.05, 0) is 39.8 Å². The Labute approximate surface area is 118 Å². The van der Waals surface area contributed by atoms with E-state index in [-0.39, 0.29) is 16.6 Å². The number of hydrogen-bond acceptors (Lipinski definition) is 4. The van der Waals surface area contributed by atoms with Crippen molar-refractivity contribution < 1.29 is 19.2 Å². The molecule has 0 bridgehead atoms. The van der Waals surface area contributed by atoms with Crippen LogP contribution in [0.1, 0.15) is 43.6 Å². The van der Waals surface area contributed by atoms with Gasteiger partial charge in [-0.3, -0.25) is 0 Å². The fourth-order valence-electron chi connectivity index (χ4n) is 2.06. The largest absolute Gasteiger partial charge is 0.497 e. The van der Waals surface area contributed by atoms with Gasteiger partial charge in [-0.2, -0.15) is 5.26 Å². The normalized spacial score (nSPS) is 19.6. The van der Waals surface area contributed by atoms with Crippen molar-refractivity contribution in [1.29, 1.82) is 5.26 Å². The summed E-state index contributed by atoms with van der Waals surface area (Å²) in [5.41, 5.74) is -0.612. The first-order valence-electron chi connectivity index (χ1n) is 6.31. The quantitative estimate of drug-likeness (QED) is 0.827. The molecule has 0 atom stereocenters. The van der Waals surface area contributed by atoms with Gasteiger partial charge in [0.1, 0.15) is 0 Å². The van der Waals surface area contributed by atoms with E-state index in [0.29, 0.717) is 0 Å². The Morgan fingerprint density at radius 1 is 1.25 bits per heavy atom. The molecular weight excluding hydrogens is 257 g/mol. The van der Waals surface area contributed by atoms with Gasteiger partial charge in [0.05, 0.1) is 28.4 Å². The van der Waals surface area contributed by atoms with Crippen LogP contribution in [0.2, 0.25) is 0 Å². The van der Waals surface area contributed by atoms with Gasteiger partial charge in [0, 0.05) is 5.46 Å². The molecule has 1 aliphatic heterocycles. The first-order valence-corrected chi connectivity index (χ1v) is 6.31. The second kappa shape index (κ2) is 4.62. The lowest BCUT2D eigenvalue weighted by Crippen LogP contribution is -2.41. The highest BCUT2D eigenvalue weighted by Crippen LogP contribution is 2.36. The second-order valence-corrected chi connectivity index (χ2v) is 5.77. The number of nitriles is 1. The maximum atomic E-state index is 11.3. The molecule has 1 aliphatic rings. The molecule has 1 heterocycles. The number of nitrogens with zero attached hydrogens (tertiary/aromatic N) is 1. The Hall–Kier alpha value is -1.84. The van der Waals surface area contributed by atoms with E-state index in [1.807, 2.05) is 33.8 Å². The summed E-state index contributed by atoms with van der Waals surface area (Å²) >= 11 is 0. The average molecular weight is 273 g/mol. The first-order chi connectivity index (χ1) is 9.19. The molecule has 1 aromatic carbocycles. The number of rotatable bonds is 2. The number of aromatic carboxylic acids is 1. The lowest BCUT2D eigenvalue weighted by Gasteiger charge is -2.32. The smallest absolute Gasteiger partial charge is 0.478 e. The summed E-state index contributed by atoms with van der Waals surface area (Å²) in [6.45, 7) is 7.51. The average Bonchev–Trinajstić information content (AvgIpc) is 2.57. The van der Waals surface area contributed by atoms with E-state index in [1.54, 1.807) is 6.07 Å². The van der Waals surface area contributed by atoms with E-state index in [0.717, 1.165) is 0 Å². The van der Waals surface area contributed by atoms with Gasteiger partial charge in [0.25, 0.3) is 0 Å². The van der Waals surface area contributed by atoms with Crippen LogP contribution >= 0.6 is 0 Å². The Morgan fingerprint density at radius 3 is 2.25 bits per heavy atom. The fourth-order valence-corrected chi connectivity index (χ4v) is 2.06. The molecule has 104 valence electrons. The molecule has 6 heteroatoms. The predicted octanol–water partition coefficient (Wildman–Crippen LogP) is 1.56. The number of carboxylic acid groups (broad SMARTS) is 1. The monoisotopic (exact) mass is 273 g/mol. The Kier molecular flexibility index (Phi) is 3.36. The third-order valence-electron chi connectivity index (χ3n) is 3.95. The van der Waals surface area contributed by atoms with Gasteiger partial charge >= 0.3 is 13.1 Å². The molecule has 0 radical (unpaired) electrons. The van der Waals surface area contributed by atoms with Crippen LogP contribution in [0.3, 0.4) is 0 Å². The number of carbonyl (C=O) groups is 1. The van der Waals surface area contributed by atoms with Crippen molar-refractivity contribution in [2.75, 3.05) is 0 Å². The van der Waals surface area contributed by atoms with Crippen LogP contribution in [0.15, 0.2) is 18.2 Å². The van der Waals surface area contributed by atoms with Crippen LogP contribution in [0.5, 0.6) is 0 Å². The zero-order chi connectivity index (χ0) is 15.1. The van der Waals surface area contributed by atoms with Gasteiger partial charge in [-0.15, -0.1) is 0 Å². The standard InChI is InChI=1S/C14H16BNO4/c1-13(2)14(3,4)20-15(19-13)11-9(8-16)6-5-7-10(11)12(17)18/h5-7H,1-4H3,(H,17,18). The first kappa shape index (κ1) is 14.6. The Bertz CT molecular complexity index is 588. The van der Waals surface area contributed by atoms with Gasteiger partial charge < -0.3 is 14.4 Å². The van der Waals surface area contributed by atoms with Gasteiger partial charge in [0.2, 0.25) is 0 Å². The van der Waals surface area contributed by atoms with E-state index < -0.39 is 24.3 Å². The van der Waals surface area contributed by atoms with E-state index in [9.17, 15) is 15.2 Å². The van der Waals surface area contributed by atoms with Crippen molar-refractivity contribution >= 4 is 18.6 Å². The topological polar surface area (TPSA) is 79.5 Å². The van der Waals surface area contributed by atoms with Crippen molar-refractivity contribution in [2.24, 2.45) is 0 Å². The number of benzene rings is 1. The number of hydrogen-bond donors (Lipinski definition) is 1. The Morgan fingerprint density at radius 2 is 1.80 bits per heavy atom. The minimum Gasteiger partial charge on any atom is -0.478 e. The van der Waals surface area contributed by atoms with Crippen molar-refractivity contribution in [3.63, 3.8) is 0 Å². The highest BCUT2D eigenvalue weighted by molar-refractivity contribution is 6.64. The van der Waals surface area contributed by atoms with Gasteiger partial charge in [0.15, 0.2) is 0 Å². The Balaban J connectivity index is 2.55. The predicted molar refractivity (Wildman–Crippen MR) is 73.8 cm³/mol. The number of carboxylic acids is 1. The summed E-state index contributed by atoms with van der Waals surface area (Å²) in [5, 5.41) is 18.5. The van der Waals surface area contributed by atoms with E-state index in [2.05, 4.69) is 0 Å². The fraction of sp³-hybridized carbons (Fsp3) is 0.429. The lowest BCUT2D eigenvalue weighted by molar-refractivity contribution is 0.00578. The van der Waals surface area contributed by atoms with Crippen LogP contribution in [0.4, 0.5) is 0 Å². The van der Waals surface area contributed by atoms with Crippen LogP contribution in [-0.2, 0) is 9.31 Å². The van der Waals surface area contributed by atoms with Crippen LogP contribution in [0, 0.1) is 11.3 Å². The minimum absolute atomic E-state index is 0.0301. The lowest BCUT2D eigenvalue weighted by atomic mass is 9.73. The van der Waals surface area contributed by atoms with Gasteiger partial charge in [-0.25, -0.2) is 4.79 Å². The molecule has 0 aromatic heterocycles. The molecule has 0 unspecified atom stereocenters. The highest BCUT2D eigenvalue weighted by atomic mass is 16.7. The van der Waals surface area contributed by atoms with E-state index in [1.165, 1.54) is 12.1 Å². The summed E-state index contributed by atoms with van der Waals surface area (Å²) in [6, 6.07) is 6.55. The molecule has 20 heavy (non-hydrogen) atoms. The summed E-state index contributed by atoms with van der Waals surface area (Å²) in [4.78, 5) is 11.3. The van der Waals surface area contributed by atoms with Crippen molar-refractivity contribution in [3.05, 3.63) is 29.3 Å². The van der Waals surface area contributed by atoms with Crippen LogP contribution < -0.4 is 5.46 Å². The molecule has 1 aromatic rings. The molecule has 0 amide bonds. The van der Waals surface area contributed by atoms with Crippen LogP contribution in [0.25, 0.3) is 0 Å². The highest BCUT2D eigenvalue weighted by Gasteiger charge is 2.53. The maximum absolute atomic E-state index is 11.3. The summed E-state index contributed by atoms with van der Waals surface area (Å²) in [7, 11) is -0.859. The molecule has 1 saturated heterocycles. The van der Waals surface area contributed by atoms with E-state index in [4.69, 9.17) is 9.31 Å². The zero-order valence-electron chi connectivity index (χ0n) is 11.9. The molecule has 0 spiro atoms. The van der Waals surface area contributed by atoms with E-state index >= 15 is 0 Å². The third kappa shape index (κ3) is 2.19. The zero-order valence-corrected chi connectivity index (χ0v) is 11.9. The summed E-state index contributed by atoms with van der Waals surface area (Å²) < 4.78 is 11.7. The molecule has 2 rings (SSSR count). The van der Waals surface area contributed by atoms with Gasteiger partial charge in [-0.1, -0.05) is 6.07 Å². The van der Waals surface area contributed by atoms with Crippen molar-refractivity contribution in [1.82, 2.24) is 0 Å². The molecule has 0 saturated carbocycles. The molecule has 1 fully saturated rings.